The van der Waals surface area contributed by atoms with Crippen molar-refractivity contribution in [3.63, 3.8) is 0 Å². The van der Waals surface area contributed by atoms with Gasteiger partial charge >= 0.3 is 0 Å². The number of carbonyl (C=O) groups is 1. The predicted molar refractivity (Wildman–Crippen MR) is 117 cm³/mol. The lowest BCUT2D eigenvalue weighted by Crippen LogP contribution is -2.38. The number of nitrogens with zero attached hydrogens (tertiary/aromatic N) is 3. The van der Waals surface area contributed by atoms with E-state index in [1.165, 1.54) is 5.56 Å². The van der Waals surface area contributed by atoms with Crippen LogP contribution in [0.5, 0.6) is 0 Å². The van der Waals surface area contributed by atoms with Crippen molar-refractivity contribution in [2.45, 2.75) is 38.1 Å². The fraction of sp³-hybridized carbons (Fsp3) is 0.500. The molecule has 30 heavy (non-hydrogen) atoms. The highest BCUT2D eigenvalue weighted by molar-refractivity contribution is 5.74. The molecule has 1 aliphatic heterocycles. The molecule has 0 bridgehead atoms. The van der Waals surface area contributed by atoms with Crippen LogP contribution in [0.3, 0.4) is 0 Å². The van der Waals surface area contributed by atoms with Gasteiger partial charge in [-0.2, -0.15) is 4.98 Å². The van der Waals surface area contributed by atoms with Crippen LogP contribution in [0.15, 0.2) is 30.5 Å². The lowest BCUT2D eigenvalue weighted by atomic mass is 10.1. The van der Waals surface area contributed by atoms with E-state index in [1.807, 2.05) is 12.3 Å². The summed E-state index contributed by atoms with van der Waals surface area (Å²) in [4.78, 5) is 22.7. The Balaban J connectivity index is 1.47. The van der Waals surface area contributed by atoms with Crippen LogP contribution < -0.4 is 16.4 Å². The van der Waals surface area contributed by atoms with Crippen LogP contribution in [0.25, 0.3) is 0 Å². The second-order valence-corrected chi connectivity index (χ2v) is 7.99. The van der Waals surface area contributed by atoms with Gasteiger partial charge in [0.2, 0.25) is 11.9 Å². The van der Waals surface area contributed by atoms with Crippen LogP contribution in [0.4, 0.5) is 17.5 Å². The maximum Gasteiger partial charge on any atom is 0.229 e. The number of primary amides is 1. The van der Waals surface area contributed by atoms with Gasteiger partial charge in [0.1, 0.15) is 5.82 Å². The van der Waals surface area contributed by atoms with E-state index in [1.54, 1.807) is 0 Å². The highest BCUT2D eigenvalue weighted by atomic mass is 16.5. The van der Waals surface area contributed by atoms with Crippen LogP contribution in [0.1, 0.15) is 49.3 Å². The Kier molecular flexibility index (Phi) is 6.44. The summed E-state index contributed by atoms with van der Waals surface area (Å²) in [6.45, 7) is 6.17. The molecule has 1 unspecified atom stereocenters. The van der Waals surface area contributed by atoms with Gasteiger partial charge in [-0.15, -0.1) is 0 Å². The number of amides is 1. The van der Waals surface area contributed by atoms with Crippen molar-refractivity contribution in [2.24, 2.45) is 5.73 Å². The largest absolute Gasteiger partial charge is 0.379 e. The van der Waals surface area contributed by atoms with Gasteiger partial charge in [0, 0.05) is 49.5 Å². The molecule has 2 aromatic rings. The topological polar surface area (TPSA) is 105 Å². The van der Waals surface area contributed by atoms with Crippen molar-refractivity contribution in [1.29, 1.82) is 0 Å². The number of nitrogens with one attached hydrogen (secondary N) is 2. The lowest BCUT2D eigenvalue weighted by Gasteiger charge is -2.32. The lowest BCUT2D eigenvalue weighted by molar-refractivity contribution is -0.117. The maximum absolute atomic E-state index is 11.1. The molecule has 1 aromatic heterocycles. The SMILES string of the molecule is CC(c1cccc(Nc2ncc(C3CC3)c(NCCC(N)=O)n2)c1)N1CCOCC1. The van der Waals surface area contributed by atoms with E-state index >= 15 is 0 Å². The molecule has 4 N–H and O–H groups in total. The number of anilines is 3. The summed E-state index contributed by atoms with van der Waals surface area (Å²) < 4.78 is 5.47. The smallest absolute Gasteiger partial charge is 0.229 e. The van der Waals surface area contributed by atoms with E-state index in [0.29, 0.717) is 24.5 Å². The molecule has 1 aromatic carbocycles. The highest BCUT2D eigenvalue weighted by Crippen LogP contribution is 2.42. The van der Waals surface area contributed by atoms with E-state index in [9.17, 15) is 4.79 Å². The second-order valence-electron chi connectivity index (χ2n) is 7.99. The summed E-state index contributed by atoms with van der Waals surface area (Å²) >= 11 is 0. The fourth-order valence-electron chi connectivity index (χ4n) is 3.77. The van der Waals surface area contributed by atoms with Crippen molar-refractivity contribution >= 4 is 23.4 Å². The Hall–Kier alpha value is -2.71. The van der Waals surface area contributed by atoms with Crippen LogP contribution >= 0.6 is 0 Å². The van der Waals surface area contributed by atoms with Gasteiger partial charge < -0.3 is 21.1 Å². The summed E-state index contributed by atoms with van der Waals surface area (Å²) in [6.07, 6.45) is 4.47. The fourth-order valence-corrected chi connectivity index (χ4v) is 3.77. The molecule has 2 heterocycles. The number of nitrogens with two attached hydrogens (primary N) is 1. The molecule has 8 nitrogen and oxygen atoms in total. The van der Waals surface area contributed by atoms with Crippen molar-refractivity contribution < 1.29 is 9.53 Å². The van der Waals surface area contributed by atoms with Crippen molar-refractivity contribution in [1.82, 2.24) is 14.9 Å². The summed E-state index contributed by atoms with van der Waals surface area (Å²) in [6, 6.07) is 8.70. The van der Waals surface area contributed by atoms with E-state index < -0.39 is 0 Å². The van der Waals surface area contributed by atoms with Gasteiger partial charge in [0.25, 0.3) is 0 Å². The zero-order chi connectivity index (χ0) is 20.9. The maximum atomic E-state index is 11.1. The van der Waals surface area contributed by atoms with Crippen LogP contribution in [0.2, 0.25) is 0 Å². The molecule has 0 radical (unpaired) electrons. The molecule has 1 amide bonds. The van der Waals surface area contributed by atoms with Crippen molar-refractivity contribution in [2.75, 3.05) is 43.5 Å². The van der Waals surface area contributed by atoms with E-state index in [-0.39, 0.29) is 12.3 Å². The molecule has 2 aliphatic rings. The Bertz CT molecular complexity index is 880. The quantitative estimate of drug-likeness (QED) is 0.584. The third kappa shape index (κ3) is 5.25. The average Bonchev–Trinajstić information content (AvgIpc) is 3.59. The van der Waals surface area contributed by atoms with Gasteiger partial charge in [-0.3, -0.25) is 9.69 Å². The third-order valence-corrected chi connectivity index (χ3v) is 5.72. The minimum atomic E-state index is -0.325. The molecule has 1 aliphatic carbocycles. The first kappa shape index (κ1) is 20.6. The normalized spacial score (nSPS) is 18.0. The van der Waals surface area contributed by atoms with Crippen LogP contribution in [-0.2, 0) is 9.53 Å². The van der Waals surface area contributed by atoms with E-state index in [2.05, 4.69) is 50.6 Å². The number of morpholine rings is 1. The molecule has 4 rings (SSSR count). The molecule has 0 spiro atoms. The van der Waals surface area contributed by atoms with Crippen LogP contribution in [-0.4, -0.2) is 53.6 Å². The summed E-state index contributed by atoms with van der Waals surface area (Å²) in [7, 11) is 0. The first-order chi connectivity index (χ1) is 14.6. The van der Waals surface area contributed by atoms with Gasteiger partial charge in [-0.1, -0.05) is 12.1 Å². The molecule has 1 saturated heterocycles. The summed E-state index contributed by atoms with van der Waals surface area (Å²) in [5, 5.41) is 6.59. The Morgan fingerprint density at radius 1 is 1.33 bits per heavy atom. The van der Waals surface area contributed by atoms with Crippen molar-refractivity contribution in [3.8, 4) is 0 Å². The Morgan fingerprint density at radius 3 is 2.87 bits per heavy atom. The molecule has 1 saturated carbocycles. The first-order valence-corrected chi connectivity index (χ1v) is 10.7. The number of hydrogen-bond donors (Lipinski definition) is 3. The first-order valence-electron chi connectivity index (χ1n) is 10.7. The number of carbonyl (C=O) groups excluding carboxylic acids is 1. The summed E-state index contributed by atoms with van der Waals surface area (Å²) in [5.41, 5.74) is 8.57. The van der Waals surface area contributed by atoms with Crippen LogP contribution in [0, 0.1) is 0 Å². The number of hydrogen-bond acceptors (Lipinski definition) is 7. The van der Waals surface area contributed by atoms with Gasteiger partial charge in [-0.05, 0) is 43.4 Å². The minimum absolute atomic E-state index is 0.276. The number of benzene rings is 1. The number of rotatable bonds is 9. The summed E-state index contributed by atoms with van der Waals surface area (Å²) in [5.74, 6) is 1.51. The van der Waals surface area contributed by atoms with Crippen molar-refractivity contribution in [3.05, 3.63) is 41.6 Å². The number of aromatic nitrogens is 2. The van der Waals surface area contributed by atoms with Gasteiger partial charge in [0.05, 0.1) is 13.2 Å². The molecule has 8 heteroatoms. The Morgan fingerprint density at radius 2 is 2.13 bits per heavy atom. The van der Waals surface area contributed by atoms with Gasteiger partial charge in [0.15, 0.2) is 0 Å². The predicted octanol–water partition coefficient (Wildman–Crippen LogP) is 2.78. The molecule has 1 atom stereocenters. The molecular weight excluding hydrogens is 380 g/mol. The molecule has 2 fully saturated rings. The molecular formula is C22H30N6O2. The average molecular weight is 411 g/mol. The third-order valence-electron chi connectivity index (χ3n) is 5.72. The molecule has 160 valence electrons. The zero-order valence-corrected chi connectivity index (χ0v) is 17.4. The Labute approximate surface area is 177 Å². The van der Waals surface area contributed by atoms with E-state index in [0.717, 1.165) is 56.2 Å². The minimum Gasteiger partial charge on any atom is -0.379 e. The highest BCUT2D eigenvalue weighted by Gasteiger charge is 2.27. The van der Waals surface area contributed by atoms with E-state index in [4.69, 9.17) is 10.5 Å². The number of ether oxygens (including phenoxy) is 1. The van der Waals surface area contributed by atoms with Gasteiger partial charge in [-0.25, -0.2) is 4.98 Å². The monoisotopic (exact) mass is 410 g/mol. The standard InChI is InChI=1S/C22H30N6O2/c1-15(28-9-11-30-12-10-28)17-3-2-4-18(13-17)26-22-25-14-19(16-5-6-16)21(27-22)24-8-7-20(23)29/h2-4,13-16H,5-12H2,1H3,(H2,23,29)(H2,24,25,26,27). The zero-order valence-electron chi connectivity index (χ0n) is 17.4. The second kappa shape index (κ2) is 9.40.